The van der Waals surface area contributed by atoms with E-state index in [-0.39, 0.29) is 5.41 Å². The van der Waals surface area contributed by atoms with Crippen LogP contribution < -0.4 is 10.1 Å². The molecule has 1 N–H and O–H groups in total. The van der Waals surface area contributed by atoms with Crippen LogP contribution in [0.25, 0.3) is 11.5 Å². The molecule has 2 aromatic rings. The molecule has 0 bridgehead atoms. The third-order valence-electron chi connectivity index (χ3n) is 3.62. The first-order valence-corrected chi connectivity index (χ1v) is 6.63. The summed E-state index contributed by atoms with van der Waals surface area (Å²) in [6.07, 6.45) is 3.57. The third-order valence-corrected chi connectivity index (χ3v) is 3.62. The zero-order valence-electron chi connectivity index (χ0n) is 11.6. The minimum atomic E-state index is -0.110. The van der Waals surface area contributed by atoms with Gasteiger partial charge in [-0.3, -0.25) is 0 Å². The predicted molar refractivity (Wildman–Crippen MR) is 71.3 cm³/mol. The maximum atomic E-state index is 5.43. The molecule has 0 saturated carbocycles. The molecular weight excluding hydrogens is 258 g/mol. The minimum absolute atomic E-state index is 0.110. The van der Waals surface area contributed by atoms with Crippen LogP contribution in [0.5, 0.6) is 5.88 Å². The highest BCUT2D eigenvalue weighted by Crippen LogP contribution is 2.30. The summed E-state index contributed by atoms with van der Waals surface area (Å²) in [7, 11) is 1.56. The Balaban J connectivity index is 1.89. The second-order valence-electron chi connectivity index (χ2n) is 5.21. The first-order chi connectivity index (χ1) is 9.71. The number of hydrogen-bond donors (Lipinski definition) is 1. The highest BCUT2D eigenvalue weighted by molar-refractivity contribution is 5.49. The molecule has 0 aliphatic carbocycles. The van der Waals surface area contributed by atoms with Gasteiger partial charge in [0.25, 0.3) is 0 Å². The van der Waals surface area contributed by atoms with Gasteiger partial charge >= 0.3 is 0 Å². The van der Waals surface area contributed by atoms with Crippen molar-refractivity contribution in [2.24, 2.45) is 0 Å². The molecule has 0 amide bonds. The normalized spacial score (nSPS) is 22.7. The van der Waals surface area contributed by atoms with Crippen molar-refractivity contribution in [3.63, 3.8) is 0 Å². The molecule has 3 heterocycles. The highest BCUT2D eigenvalue weighted by Gasteiger charge is 2.34. The van der Waals surface area contributed by atoms with Crippen molar-refractivity contribution in [2.45, 2.75) is 25.2 Å². The number of ether oxygens (including phenoxy) is 1. The van der Waals surface area contributed by atoms with Crippen LogP contribution >= 0.6 is 0 Å². The van der Waals surface area contributed by atoms with Gasteiger partial charge in [0.1, 0.15) is 12.0 Å². The summed E-state index contributed by atoms with van der Waals surface area (Å²) in [6.45, 7) is 4.03. The molecule has 1 unspecified atom stereocenters. The van der Waals surface area contributed by atoms with Gasteiger partial charge in [-0.2, -0.15) is 4.98 Å². The monoisotopic (exact) mass is 275 g/mol. The van der Waals surface area contributed by atoms with E-state index in [1.54, 1.807) is 13.2 Å². The van der Waals surface area contributed by atoms with E-state index in [9.17, 15) is 0 Å². The van der Waals surface area contributed by atoms with Gasteiger partial charge in [0, 0.05) is 12.6 Å². The molecule has 0 radical (unpaired) electrons. The summed E-state index contributed by atoms with van der Waals surface area (Å²) in [5, 5.41) is 7.39. The molecule has 106 valence electrons. The summed E-state index contributed by atoms with van der Waals surface area (Å²) in [6, 6.07) is 1.69. The molecule has 0 aromatic carbocycles. The Labute approximate surface area is 116 Å². The first kappa shape index (κ1) is 13.0. The fourth-order valence-corrected chi connectivity index (χ4v) is 2.38. The van der Waals surface area contributed by atoms with E-state index in [4.69, 9.17) is 9.26 Å². The van der Waals surface area contributed by atoms with Crippen LogP contribution in [0.15, 0.2) is 16.9 Å². The van der Waals surface area contributed by atoms with E-state index in [0.29, 0.717) is 23.3 Å². The zero-order chi connectivity index (χ0) is 14.0. The lowest BCUT2D eigenvalue weighted by Crippen LogP contribution is -2.41. The van der Waals surface area contributed by atoms with Crippen molar-refractivity contribution in [3.05, 3.63) is 18.3 Å². The van der Waals surface area contributed by atoms with Crippen LogP contribution in [0.2, 0.25) is 0 Å². The maximum absolute atomic E-state index is 5.43. The molecule has 7 heteroatoms. The number of hydrogen-bond acceptors (Lipinski definition) is 7. The Morgan fingerprint density at radius 3 is 3.05 bits per heavy atom. The molecule has 3 rings (SSSR count). The number of nitrogens with one attached hydrogen (secondary N) is 1. The fourth-order valence-electron chi connectivity index (χ4n) is 2.38. The number of rotatable bonds is 3. The average molecular weight is 275 g/mol. The Kier molecular flexibility index (Phi) is 3.35. The molecule has 1 aliphatic rings. The fraction of sp³-hybridized carbons (Fsp3) is 0.538. The van der Waals surface area contributed by atoms with Crippen LogP contribution in [0.3, 0.4) is 0 Å². The topological polar surface area (TPSA) is 86.0 Å². The lowest BCUT2D eigenvalue weighted by Gasteiger charge is -2.30. The number of methoxy groups -OCH3 is 1. The van der Waals surface area contributed by atoms with E-state index in [1.807, 2.05) is 0 Å². The van der Waals surface area contributed by atoms with Crippen molar-refractivity contribution in [1.29, 1.82) is 0 Å². The van der Waals surface area contributed by atoms with Gasteiger partial charge in [-0.05, 0) is 26.3 Å². The molecular formula is C13H17N5O2. The van der Waals surface area contributed by atoms with Crippen molar-refractivity contribution in [1.82, 2.24) is 25.4 Å². The van der Waals surface area contributed by atoms with Crippen molar-refractivity contribution in [3.8, 4) is 17.4 Å². The van der Waals surface area contributed by atoms with Crippen molar-refractivity contribution in [2.75, 3.05) is 20.2 Å². The molecule has 1 fully saturated rings. The van der Waals surface area contributed by atoms with Gasteiger partial charge in [0.2, 0.25) is 17.6 Å². The molecule has 7 nitrogen and oxygen atoms in total. The number of piperidine rings is 1. The lowest BCUT2D eigenvalue weighted by molar-refractivity contribution is 0.245. The van der Waals surface area contributed by atoms with E-state index in [0.717, 1.165) is 25.9 Å². The first-order valence-electron chi connectivity index (χ1n) is 6.63. The quantitative estimate of drug-likeness (QED) is 0.900. The number of nitrogens with zero attached hydrogens (tertiary/aromatic N) is 4. The molecule has 1 aliphatic heterocycles. The summed E-state index contributed by atoms with van der Waals surface area (Å²) >= 11 is 0. The standard InChI is InChI=1S/C13H17N5O2/c1-13(4-3-5-14-7-13)12-17-11(18-20-12)9-6-10(19-2)16-8-15-9/h6,8,14H,3-5,7H2,1-2H3. The summed E-state index contributed by atoms with van der Waals surface area (Å²) in [4.78, 5) is 12.6. The predicted octanol–water partition coefficient (Wildman–Crippen LogP) is 1.18. The zero-order valence-corrected chi connectivity index (χ0v) is 11.6. The smallest absolute Gasteiger partial charge is 0.234 e. The van der Waals surface area contributed by atoms with Crippen molar-refractivity contribution >= 4 is 0 Å². The second kappa shape index (κ2) is 5.16. The molecule has 0 spiro atoms. The third kappa shape index (κ3) is 2.36. The SMILES string of the molecule is COc1cc(-c2noc(C3(C)CCCNC3)n2)ncn1. The van der Waals surface area contributed by atoms with Crippen molar-refractivity contribution < 1.29 is 9.26 Å². The largest absolute Gasteiger partial charge is 0.481 e. The Bertz CT molecular complexity index is 592. The Morgan fingerprint density at radius 1 is 1.40 bits per heavy atom. The summed E-state index contributed by atoms with van der Waals surface area (Å²) < 4.78 is 10.5. The Morgan fingerprint density at radius 2 is 2.30 bits per heavy atom. The van der Waals surface area contributed by atoms with E-state index in [2.05, 4.69) is 32.3 Å². The van der Waals surface area contributed by atoms with Crippen LogP contribution in [-0.2, 0) is 5.41 Å². The van der Waals surface area contributed by atoms with Gasteiger partial charge in [-0.25, -0.2) is 9.97 Å². The Hall–Kier alpha value is -2.02. The summed E-state index contributed by atoms with van der Waals surface area (Å²) in [5.41, 5.74) is 0.486. The van der Waals surface area contributed by atoms with E-state index in [1.165, 1.54) is 6.33 Å². The van der Waals surface area contributed by atoms with Crippen LogP contribution in [0.4, 0.5) is 0 Å². The van der Waals surface area contributed by atoms with Gasteiger partial charge in [0.05, 0.1) is 12.5 Å². The van der Waals surface area contributed by atoms with E-state index < -0.39 is 0 Å². The van der Waals surface area contributed by atoms with E-state index >= 15 is 0 Å². The highest BCUT2D eigenvalue weighted by atomic mass is 16.5. The molecule has 1 atom stereocenters. The van der Waals surface area contributed by atoms with Gasteiger partial charge in [0.15, 0.2) is 0 Å². The molecule has 1 saturated heterocycles. The maximum Gasteiger partial charge on any atom is 0.234 e. The van der Waals surface area contributed by atoms with Gasteiger partial charge < -0.3 is 14.6 Å². The van der Waals surface area contributed by atoms with Gasteiger partial charge in [-0.15, -0.1) is 0 Å². The van der Waals surface area contributed by atoms with Crippen LogP contribution in [0, 0.1) is 0 Å². The van der Waals surface area contributed by atoms with Gasteiger partial charge in [-0.1, -0.05) is 5.16 Å². The molecule has 2 aromatic heterocycles. The average Bonchev–Trinajstić information content (AvgIpc) is 2.99. The molecule has 20 heavy (non-hydrogen) atoms. The second-order valence-corrected chi connectivity index (χ2v) is 5.21. The minimum Gasteiger partial charge on any atom is -0.481 e. The van der Waals surface area contributed by atoms with Crippen LogP contribution in [0.1, 0.15) is 25.7 Å². The van der Waals surface area contributed by atoms with Crippen LogP contribution in [-0.4, -0.2) is 40.3 Å². The lowest BCUT2D eigenvalue weighted by atomic mass is 9.83. The summed E-state index contributed by atoms with van der Waals surface area (Å²) in [5.74, 6) is 1.59. The number of aromatic nitrogens is 4.